The summed E-state index contributed by atoms with van der Waals surface area (Å²) in [6.07, 6.45) is 3.42. The van der Waals surface area contributed by atoms with Crippen LogP contribution in [0.15, 0.2) is 73.1 Å². The molecule has 4 aromatic rings. The number of nitrogens with zero attached hydrogens (tertiary/aromatic N) is 5. The van der Waals surface area contributed by atoms with E-state index in [0.29, 0.717) is 34.0 Å². The lowest BCUT2D eigenvalue weighted by Gasteiger charge is -2.33. The normalized spacial score (nSPS) is 13.9. The molecule has 2 aromatic carbocycles. The number of carbonyl (C=O) groups excluding carboxylic acids is 1. The molecule has 1 aliphatic rings. The highest BCUT2D eigenvalue weighted by Gasteiger charge is 2.22. The molecule has 1 N–H and O–H groups in total. The molecule has 1 amide bonds. The molecule has 1 fully saturated rings. The summed E-state index contributed by atoms with van der Waals surface area (Å²) in [6, 6.07) is 18.9. The molecule has 1 aliphatic heterocycles. The van der Waals surface area contributed by atoms with E-state index in [9.17, 15) is 4.79 Å². The number of hydrogen-bond acceptors (Lipinski definition) is 7. The van der Waals surface area contributed by atoms with Crippen molar-refractivity contribution in [2.75, 3.05) is 57.7 Å². The van der Waals surface area contributed by atoms with E-state index in [1.807, 2.05) is 54.6 Å². The Kier molecular flexibility index (Phi) is 7.04. The predicted molar refractivity (Wildman–Crippen MR) is 144 cm³/mol. The largest absolute Gasteiger partial charge is 0.497 e. The van der Waals surface area contributed by atoms with Crippen molar-refractivity contribution in [3.63, 3.8) is 0 Å². The maximum absolute atomic E-state index is 13.5. The van der Waals surface area contributed by atoms with Crippen LogP contribution in [0.1, 0.15) is 10.4 Å². The summed E-state index contributed by atoms with van der Waals surface area (Å²) in [7, 11) is 5.31. The highest BCUT2D eigenvalue weighted by atomic mass is 16.5. The summed E-state index contributed by atoms with van der Waals surface area (Å²) < 4.78 is 12.7. The quantitative estimate of drug-likeness (QED) is 0.413. The van der Waals surface area contributed by atoms with Gasteiger partial charge in [-0.25, -0.2) is 9.67 Å². The molecular formula is C28H30N6O3. The van der Waals surface area contributed by atoms with Crippen molar-refractivity contribution in [2.24, 2.45) is 0 Å². The zero-order valence-electron chi connectivity index (χ0n) is 21.2. The minimum atomic E-state index is -0.295. The van der Waals surface area contributed by atoms with Gasteiger partial charge < -0.3 is 24.6 Å². The van der Waals surface area contributed by atoms with E-state index >= 15 is 0 Å². The number of methoxy groups -OCH3 is 2. The number of pyridine rings is 1. The monoisotopic (exact) mass is 498 g/mol. The number of para-hydroxylation sites is 1. The minimum absolute atomic E-state index is 0.295. The molecule has 0 bridgehead atoms. The van der Waals surface area contributed by atoms with E-state index in [1.165, 1.54) is 0 Å². The summed E-state index contributed by atoms with van der Waals surface area (Å²) in [6.45, 7) is 3.86. The first-order valence-electron chi connectivity index (χ1n) is 12.1. The molecule has 0 aliphatic carbocycles. The number of likely N-dealkylation sites (N-methyl/N-ethyl adjacent to an activating group) is 1. The highest BCUT2D eigenvalue weighted by Crippen LogP contribution is 2.35. The van der Waals surface area contributed by atoms with Crippen LogP contribution in [0.4, 0.5) is 11.5 Å². The molecule has 190 valence electrons. The van der Waals surface area contributed by atoms with Crippen LogP contribution in [0.2, 0.25) is 0 Å². The number of rotatable bonds is 7. The molecule has 0 atom stereocenters. The third-order valence-electron chi connectivity index (χ3n) is 6.47. The molecule has 5 rings (SSSR count). The van der Waals surface area contributed by atoms with E-state index in [2.05, 4.69) is 27.1 Å². The third-order valence-corrected chi connectivity index (χ3v) is 6.47. The molecule has 0 radical (unpaired) electrons. The first kappa shape index (κ1) is 24.3. The maximum Gasteiger partial charge on any atom is 0.259 e. The highest BCUT2D eigenvalue weighted by molar-refractivity contribution is 6.08. The standard InChI is InChI=1S/C28H30N6O3/c1-32-13-15-33(16-14-32)26-12-9-20(18-29-26)30-28(35)24-19-34(21-7-5-4-6-8-21)31-27(24)23-17-22(36-2)10-11-25(23)37-3/h4-12,17-19H,13-16H2,1-3H3,(H,30,35). The number of piperazine rings is 1. The van der Waals surface area contributed by atoms with Gasteiger partial charge in [0, 0.05) is 37.9 Å². The van der Waals surface area contributed by atoms with Crippen molar-refractivity contribution >= 4 is 17.4 Å². The first-order valence-corrected chi connectivity index (χ1v) is 12.1. The average molecular weight is 499 g/mol. The van der Waals surface area contributed by atoms with Gasteiger partial charge in [0.15, 0.2) is 0 Å². The van der Waals surface area contributed by atoms with Gasteiger partial charge in [-0.05, 0) is 49.5 Å². The van der Waals surface area contributed by atoms with Crippen LogP contribution in [0, 0.1) is 0 Å². The number of anilines is 2. The van der Waals surface area contributed by atoms with Crippen LogP contribution in [0.5, 0.6) is 11.5 Å². The van der Waals surface area contributed by atoms with Gasteiger partial charge in [-0.1, -0.05) is 18.2 Å². The number of nitrogens with one attached hydrogen (secondary N) is 1. The molecular weight excluding hydrogens is 468 g/mol. The van der Waals surface area contributed by atoms with Crippen LogP contribution < -0.4 is 19.7 Å². The van der Waals surface area contributed by atoms with Gasteiger partial charge in [0.1, 0.15) is 23.0 Å². The number of ether oxygens (including phenoxy) is 2. The number of benzene rings is 2. The van der Waals surface area contributed by atoms with E-state index in [-0.39, 0.29) is 5.91 Å². The van der Waals surface area contributed by atoms with Gasteiger partial charge in [0.2, 0.25) is 0 Å². The first-order chi connectivity index (χ1) is 18.1. The van der Waals surface area contributed by atoms with Crippen LogP contribution in [0.25, 0.3) is 16.9 Å². The summed E-state index contributed by atoms with van der Waals surface area (Å²) in [5.74, 6) is 1.84. The topological polar surface area (TPSA) is 84.7 Å². The molecule has 0 spiro atoms. The average Bonchev–Trinajstić information content (AvgIpc) is 3.40. The van der Waals surface area contributed by atoms with Crippen molar-refractivity contribution in [2.45, 2.75) is 0 Å². The van der Waals surface area contributed by atoms with Crippen molar-refractivity contribution in [3.8, 4) is 28.4 Å². The SMILES string of the molecule is COc1ccc(OC)c(-c2nn(-c3ccccc3)cc2C(=O)Nc2ccc(N3CCN(C)CC3)nc2)c1. The van der Waals surface area contributed by atoms with Gasteiger partial charge in [0.05, 0.1) is 37.4 Å². The Hall–Kier alpha value is -4.37. The van der Waals surface area contributed by atoms with Crippen LogP contribution >= 0.6 is 0 Å². The van der Waals surface area contributed by atoms with E-state index in [1.54, 1.807) is 37.4 Å². The molecule has 1 saturated heterocycles. The predicted octanol–water partition coefficient (Wildman–Crippen LogP) is 3.96. The Morgan fingerprint density at radius 1 is 0.946 bits per heavy atom. The lowest BCUT2D eigenvalue weighted by atomic mass is 10.1. The van der Waals surface area contributed by atoms with E-state index in [4.69, 9.17) is 14.6 Å². The van der Waals surface area contributed by atoms with Crippen molar-refractivity contribution in [1.29, 1.82) is 0 Å². The number of amides is 1. The second-order valence-corrected chi connectivity index (χ2v) is 8.89. The summed E-state index contributed by atoms with van der Waals surface area (Å²) in [5, 5.41) is 7.76. The van der Waals surface area contributed by atoms with Gasteiger partial charge in [-0.3, -0.25) is 4.79 Å². The third kappa shape index (κ3) is 5.26. The Bertz CT molecular complexity index is 1360. The van der Waals surface area contributed by atoms with Gasteiger partial charge in [-0.15, -0.1) is 0 Å². The molecule has 0 saturated carbocycles. The molecule has 3 heterocycles. The number of carbonyl (C=O) groups is 1. The van der Waals surface area contributed by atoms with Crippen molar-refractivity contribution < 1.29 is 14.3 Å². The fraction of sp³-hybridized carbons (Fsp3) is 0.250. The number of hydrogen-bond donors (Lipinski definition) is 1. The Labute approximate surface area is 216 Å². The lowest BCUT2D eigenvalue weighted by Crippen LogP contribution is -2.44. The summed E-state index contributed by atoms with van der Waals surface area (Å²) in [4.78, 5) is 22.7. The van der Waals surface area contributed by atoms with E-state index < -0.39 is 0 Å². The van der Waals surface area contributed by atoms with Gasteiger partial charge in [0.25, 0.3) is 5.91 Å². The fourth-order valence-electron chi connectivity index (χ4n) is 4.33. The van der Waals surface area contributed by atoms with Crippen molar-refractivity contribution in [1.82, 2.24) is 19.7 Å². The molecule has 0 unspecified atom stereocenters. The second-order valence-electron chi connectivity index (χ2n) is 8.89. The Morgan fingerprint density at radius 2 is 1.73 bits per heavy atom. The zero-order valence-corrected chi connectivity index (χ0v) is 21.2. The molecule has 9 heteroatoms. The Balaban J connectivity index is 1.46. The maximum atomic E-state index is 13.5. The fourth-order valence-corrected chi connectivity index (χ4v) is 4.33. The van der Waals surface area contributed by atoms with Crippen LogP contribution in [-0.2, 0) is 0 Å². The minimum Gasteiger partial charge on any atom is -0.497 e. The summed E-state index contributed by atoms with van der Waals surface area (Å²) >= 11 is 0. The van der Waals surface area contributed by atoms with Crippen molar-refractivity contribution in [3.05, 3.63) is 78.6 Å². The van der Waals surface area contributed by atoms with E-state index in [0.717, 1.165) is 37.7 Å². The molecule has 2 aromatic heterocycles. The van der Waals surface area contributed by atoms with Crippen LogP contribution in [0.3, 0.4) is 0 Å². The molecule has 37 heavy (non-hydrogen) atoms. The zero-order chi connectivity index (χ0) is 25.8. The van der Waals surface area contributed by atoms with Gasteiger partial charge in [-0.2, -0.15) is 5.10 Å². The lowest BCUT2D eigenvalue weighted by molar-refractivity contribution is 0.102. The number of aromatic nitrogens is 3. The second kappa shape index (κ2) is 10.7. The van der Waals surface area contributed by atoms with Crippen LogP contribution in [-0.4, -0.2) is 73.0 Å². The smallest absolute Gasteiger partial charge is 0.259 e. The summed E-state index contributed by atoms with van der Waals surface area (Å²) in [5.41, 5.74) is 2.99. The molecule has 9 nitrogen and oxygen atoms in total. The van der Waals surface area contributed by atoms with Gasteiger partial charge >= 0.3 is 0 Å². The Morgan fingerprint density at radius 3 is 2.41 bits per heavy atom.